The summed E-state index contributed by atoms with van der Waals surface area (Å²) in [6.45, 7) is 1.64. The molecule has 86 valence electrons. The first-order chi connectivity index (χ1) is 7.47. The first kappa shape index (κ1) is 12.7. The summed E-state index contributed by atoms with van der Waals surface area (Å²) >= 11 is 11.1. The number of nitrogens with zero attached hydrogens (tertiary/aromatic N) is 2. The molecule has 0 atom stereocenters. The summed E-state index contributed by atoms with van der Waals surface area (Å²) in [5.41, 5.74) is -1.10. The van der Waals surface area contributed by atoms with Crippen LogP contribution in [0, 0.1) is 10.1 Å². The molecule has 0 amide bonds. The maximum absolute atomic E-state index is 11.4. The molecule has 8 heteroatoms. The molecule has 0 bridgehead atoms. The van der Waals surface area contributed by atoms with E-state index in [0.717, 1.165) is 6.07 Å². The lowest BCUT2D eigenvalue weighted by Crippen LogP contribution is -2.11. The average molecular weight is 265 g/mol. The van der Waals surface area contributed by atoms with Crippen LogP contribution in [0.2, 0.25) is 10.2 Å². The van der Waals surface area contributed by atoms with E-state index in [1.54, 1.807) is 6.92 Å². The van der Waals surface area contributed by atoms with E-state index in [4.69, 9.17) is 23.2 Å². The summed E-state index contributed by atoms with van der Waals surface area (Å²) in [6, 6.07) is 1.09. The lowest BCUT2D eigenvalue weighted by molar-refractivity contribution is -0.385. The molecule has 1 rings (SSSR count). The second kappa shape index (κ2) is 5.09. The number of halogens is 2. The Kier molecular flexibility index (Phi) is 4.03. The average Bonchev–Trinajstić information content (AvgIpc) is 2.15. The fourth-order valence-electron chi connectivity index (χ4n) is 0.994. The molecule has 16 heavy (non-hydrogen) atoms. The van der Waals surface area contributed by atoms with Gasteiger partial charge in [0.15, 0.2) is 0 Å². The summed E-state index contributed by atoms with van der Waals surface area (Å²) in [7, 11) is 0. The number of carbonyl (C=O) groups excluding carboxylic acids is 1. The first-order valence-corrected chi connectivity index (χ1v) is 4.90. The highest BCUT2D eigenvalue weighted by atomic mass is 35.5. The molecule has 0 saturated carbocycles. The third-order valence-electron chi connectivity index (χ3n) is 1.57. The summed E-state index contributed by atoms with van der Waals surface area (Å²) in [5, 5.41) is 10.3. The highest BCUT2D eigenvalue weighted by Gasteiger charge is 2.27. The number of carbonyl (C=O) groups is 1. The third kappa shape index (κ3) is 2.59. The van der Waals surface area contributed by atoms with Crippen LogP contribution in [0.25, 0.3) is 0 Å². The van der Waals surface area contributed by atoms with Gasteiger partial charge in [-0.1, -0.05) is 23.2 Å². The van der Waals surface area contributed by atoms with E-state index in [9.17, 15) is 14.9 Å². The van der Waals surface area contributed by atoms with Crippen molar-refractivity contribution in [1.82, 2.24) is 4.98 Å². The Labute approximate surface area is 100 Å². The van der Waals surface area contributed by atoms with Crippen molar-refractivity contribution in [3.63, 3.8) is 0 Å². The van der Waals surface area contributed by atoms with Crippen molar-refractivity contribution in [3.8, 4) is 0 Å². The van der Waals surface area contributed by atoms with Crippen LogP contribution in [0.5, 0.6) is 0 Å². The number of nitro groups is 1. The van der Waals surface area contributed by atoms with Crippen molar-refractivity contribution in [2.24, 2.45) is 0 Å². The maximum Gasteiger partial charge on any atom is 0.364 e. The van der Waals surface area contributed by atoms with Gasteiger partial charge in [-0.3, -0.25) is 10.1 Å². The molecule has 1 aromatic heterocycles. The first-order valence-electron chi connectivity index (χ1n) is 4.15. The zero-order chi connectivity index (χ0) is 12.3. The fourth-order valence-corrected chi connectivity index (χ4v) is 1.50. The molecule has 0 aliphatic rings. The number of hydrogen-bond donors (Lipinski definition) is 0. The number of pyridine rings is 1. The molecule has 0 aromatic carbocycles. The van der Waals surface area contributed by atoms with Crippen LogP contribution >= 0.6 is 23.2 Å². The second-order valence-corrected chi connectivity index (χ2v) is 3.40. The van der Waals surface area contributed by atoms with E-state index in [1.807, 2.05) is 0 Å². The largest absolute Gasteiger partial charge is 0.461 e. The minimum Gasteiger partial charge on any atom is -0.461 e. The molecule has 0 radical (unpaired) electrons. The van der Waals surface area contributed by atoms with Crippen LogP contribution in [-0.4, -0.2) is 22.5 Å². The number of ether oxygens (including phenoxy) is 1. The quantitative estimate of drug-likeness (QED) is 0.363. The topological polar surface area (TPSA) is 82.3 Å². The summed E-state index contributed by atoms with van der Waals surface area (Å²) in [4.78, 5) is 24.8. The van der Waals surface area contributed by atoms with E-state index in [0.29, 0.717) is 0 Å². The predicted octanol–water partition coefficient (Wildman–Crippen LogP) is 2.47. The van der Waals surface area contributed by atoms with Crippen LogP contribution in [0.15, 0.2) is 6.07 Å². The number of aromatic nitrogens is 1. The van der Waals surface area contributed by atoms with Crippen molar-refractivity contribution >= 4 is 34.9 Å². The Morgan fingerprint density at radius 1 is 1.62 bits per heavy atom. The van der Waals surface area contributed by atoms with Crippen molar-refractivity contribution in [1.29, 1.82) is 0 Å². The van der Waals surface area contributed by atoms with E-state index in [2.05, 4.69) is 9.72 Å². The van der Waals surface area contributed by atoms with Crippen LogP contribution in [-0.2, 0) is 4.74 Å². The summed E-state index contributed by atoms with van der Waals surface area (Å²) in [6.07, 6.45) is 0. The van der Waals surface area contributed by atoms with Gasteiger partial charge >= 0.3 is 11.7 Å². The van der Waals surface area contributed by atoms with Crippen molar-refractivity contribution in [2.75, 3.05) is 6.61 Å². The maximum atomic E-state index is 11.4. The van der Waals surface area contributed by atoms with Crippen molar-refractivity contribution in [3.05, 3.63) is 32.1 Å². The molecule has 0 fully saturated rings. The molecular weight excluding hydrogens is 259 g/mol. The Hall–Kier alpha value is -1.40. The van der Waals surface area contributed by atoms with Gasteiger partial charge in [0.1, 0.15) is 10.2 Å². The normalized spacial score (nSPS) is 9.94. The highest BCUT2D eigenvalue weighted by molar-refractivity contribution is 6.36. The van der Waals surface area contributed by atoms with Gasteiger partial charge in [-0.15, -0.1) is 0 Å². The van der Waals surface area contributed by atoms with Crippen LogP contribution < -0.4 is 0 Å². The van der Waals surface area contributed by atoms with E-state index >= 15 is 0 Å². The number of esters is 1. The minimum atomic E-state index is -0.932. The van der Waals surface area contributed by atoms with Gasteiger partial charge in [-0.05, 0) is 6.92 Å². The smallest absolute Gasteiger partial charge is 0.364 e. The standard InChI is InChI=1S/C8H6Cl2N2O4/c1-2-16-8(13)6-7(12(14)15)4(9)3-5(10)11-6/h3H,2H2,1H3. The zero-order valence-electron chi connectivity index (χ0n) is 8.07. The van der Waals surface area contributed by atoms with Gasteiger partial charge in [0.25, 0.3) is 0 Å². The molecular formula is C8H6Cl2N2O4. The van der Waals surface area contributed by atoms with E-state index in [1.165, 1.54) is 0 Å². The van der Waals surface area contributed by atoms with Crippen LogP contribution in [0.3, 0.4) is 0 Å². The Morgan fingerprint density at radius 3 is 2.75 bits per heavy atom. The molecule has 6 nitrogen and oxygen atoms in total. The van der Waals surface area contributed by atoms with Gasteiger partial charge in [0.2, 0.25) is 5.69 Å². The molecule has 0 N–H and O–H groups in total. The molecule has 0 aliphatic carbocycles. The highest BCUT2D eigenvalue weighted by Crippen LogP contribution is 2.29. The fraction of sp³-hybridized carbons (Fsp3) is 0.250. The Bertz CT molecular complexity index is 450. The van der Waals surface area contributed by atoms with E-state index < -0.39 is 22.3 Å². The zero-order valence-corrected chi connectivity index (χ0v) is 9.58. The molecule has 1 heterocycles. The Morgan fingerprint density at radius 2 is 2.25 bits per heavy atom. The molecule has 0 aliphatic heterocycles. The number of rotatable bonds is 3. The van der Waals surface area contributed by atoms with Crippen molar-refractivity contribution < 1.29 is 14.5 Å². The van der Waals surface area contributed by atoms with Gasteiger partial charge < -0.3 is 4.74 Å². The molecule has 0 unspecified atom stereocenters. The summed E-state index contributed by atoms with van der Waals surface area (Å²) < 4.78 is 4.61. The van der Waals surface area contributed by atoms with Gasteiger partial charge in [-0.25, -0.2) is 9.78 Å². The molecule has 0 saturated heterocycles. The SMILES string of the molecule is CCOC(=O)c1nc(Cl)cc(Cl)c1[N+](=O)[O-]. The lowest BCUT2D eigenvalue weighted by atomic mass is 10.3. The molecule has 1 aromatic rings. The van der Waals surface area contributed by atoms with Gasteiger partial charge in [0, 0.05) is 6.07 Å². The monoisotopic (exact) mass is 264 g/mol. The predicted molar refractivity (Wildman–Crippen MR) is 56.9 cm³/mol. The third-order valence-corrected chi connectivity index (χ3v) is 2.05. The van der Waals surface area contributed by atoms with E-state index in [-0.39, 0.29) is 16.8 Å². The molecule has 0 spiro atoms. The number of hydrogen-bond acceptors (Lipinski definition) is 5. The van der Waals surface area contributed by atoms with Gasteiger partial charge in [0.05, 0.1) is 11.5 Å². The van der Waals surface area contributed by atoms with Crippen molar-refractivity contribution in [2.45, 2.75) is 6.92 Å². The van der Waals surface area contributed by atoms with Gasteiger partial charge in [-0.2, -0.15) is 0 Å². The Balaban J connectivity index is 3.35. The van der Waals surface area contributed by atoms with Crippen LogP contribution in [0.4, 0.5) is 5.69 Å². The summed E-state index contributed by atoms with van der Waals surface area (Å²) in [5.74, 6) is -0.932. The minimum absolute atomic E-state index is 0.0712. The van der Waals surface area contributed by atoms with Crippen LogP contribution in [0.1, 0.15) is 17.4 Å². The second-order valence-electron chi connectivity index (χ2n) is 2.60. The lowest BCUT2D eigenvalue weighted by Gasteiger charge is -2.03.